The van der Waals surface area contributed by atoms with Crippen molar-refractivity contribution in [1.29, 1.82) is 0 Å². The van der Waals surface area contributed by atoms with Crippen LogP contribution in [0.1, 0.15) is 11.8 Å². The van der Waals surface area contributed by atoms with Gasteiger partial charge >= 0.3 is 0 Å². The highest BCUT2D eigenvalue weighted by molar-refractivity contribution is 7.15. The molecule has 0 aliphatic carbocycles. The van der Waals surface area contributed by atoms with Crippen molar-refractivity contribution in [1.82, 2.24) is 10.3 Å². The van der Waals surface area contributed by atoms with E-state index in [1.54, 1.807) is 18.3 Å². The summed E-state index contributed by atoms with van der Waals surface area (Å²) in [6.45, 7) is 5.66. The molecule has 1 aliphatic heterocycles. The molecule has 1 aromatic heterocycles. The molecule has 82 valence electrons. The number of nitrogens with one attached hydrogen (secondary N) is 1. The minimum Gasteiger partial charge on any atom is -0.346 e. The Labute approximate surface area is 93.3 Å². The summed E-state index contributed by atoms with van der Waals surface area (Å²) in [7, 11) is 0. The minimum atomic E-state index is 0.200. The molecule has 1 saturated heterocycles. The van der Waals surface area contributed by atoms with Gasteiger partial charge in [-0.3, -0.25) is 4.79 Å². The Hall–Kier alpha value is -0.940. The van der Waals surface area contributed by atoms with Gasteiger partial charge in [0.1, 0.15) is 5.78 Å². The summed E-state index contributed by atoms with van der Waals surface area (Å²) in [4.78, 5) is 18.6. The summed E-state index contributed by atoms with van der Waals surface area (Å²) < 4.78 is 0. The van der Waals surface area contributed by atoms with Crippen molar-refractivity contribution in [3.05, 3.63) is 11.1 Å². The number of thiazole rings is 1. The first-order chi connectivity index (χ1) is 7.25. The highest BCUT2D eigenvalue weighted by atomic mass is 32.1. The van der Waals surface area contributed by atoms with Gasteiger partial charge in [0.2, 0.25) is 0 Å². The van der Waals surface area contributed by atoms with Crippen LogP contribution in [0.3, 0.4) is 0 Å². The van der Waals surface area contributed by atoms with Crippen molar-refractivity contribution in [3.8, 4) is 0 Å². The Kier molecular flexibility index (Phi) is 3.33. The fourth-order valence-corrected chi connectivity index (χ4v) is 2.66. The standard InChI is InChI=1S/C10H15N3OS/c1-8(14)6-9-7-12-10(15-9)13-4-2-11-3-5-13/h7,11H,2-6H2,1H3. The minimum absolute atomic E-state index is 0.200. The van der Waals surface area contributed by atoms with Crippen LogP contribution in [0.4, 0.5) is 5.13 Å². The molecule has 0 bridgehead atoms. The number of anilines is 1. The molecule has 15 heavy (non-hydrogen) atoms. The molecule has 5 heteroatoms. The highest BCUT2D eigenvalue weighted by Crippen LogP contribution is 2.23. The Morgan fingerprint density at radius 1 is 1.60 bits per heavy atom. The van der Waals surface area contributed by atoms with E-state index < -0.39 is 0 Å². The molecule has 1 aliphatic rings. The summed E-state index contributed by atoms with van der Waals surface area (Å²) in [6.07, 6.45) is 2.34. The van der Waals surface area contributed by atoms with Gasteiger partial charge < -0.3 is 10.2 Å². The van der Waals surface area contributed by atoms with E-state index >= 15 is 0 Å². The average Bonchev–Trinajstić information content (AvgIpc) is 2.67. The number of Topliss-reactive ketones (excluding diaryl/α,β-unsaturated/α-hetero) is 1. The average molecular weight is 225 g/mol. The number of rotatable bonds is 3. The van der Waals surface area contributed by atoms with E-state index in [4.69, 9.17) is 0 Å². The number of aromatic nitrogens is 1. The molecule has 0 spiro atoms. The van der Waals surface area contributed by atoms with Gasteiger partial charge in [-0.15, -0.1) is 11.3 Å². The van der Waals surface area contributed by atoms with Gasteiger partial charge in [0.05, 0.1) is 0 Å². The highest BCUT2D eigenvalue weighted by Gasteiger charge is 2.14. The zero-order valence-electron chi connectivity index (χ0n) is 8.82. The molecule has 0 unspecified atom stereocenters. The number of carbonyl (C=O) groups excluding carboxylic acids is 1. The summed E-state index contributed by atoms with van der Waals surface area (Å²) >= 11 is 1.63. The number of nitrogens with zero attached hydrogens (tertiary/aromatic N) is 2. The lowest BCUT2D eigenvalue weighted by molar-refractivity contribution is -0.116. The Balaban J connectivity index is 2.02. The lowest BCUT2D eigenvalue weighted by atomic mass is 10.3. The van der Waals surface area contributed by atoms with Crippen molar-refractivity contribution in [2.24, 2.45) is 0 Å². The molecule has 1 N–H and O–H groups in total. The molecule has 0 atom stereocenters. The third-order valence-corrected chi connectivity index (χ3v) is 3.41. The molecule has 0 aromatic carbocycles. The Morgan fingerprint density at radius 2 is 2.33 bits per heavy atom. The van der Waals surface area contributed by atoms with Crippen LogP contribution in [-0.2, 0) is 11.2 Å². The molecular weight excluding hydrogens is 210 g/mol. The molecule has 0 amide bonds. The predicted molar refractivity (Wildman–Crippen MR) is 61.6 cm³/mol. The summed E-state index contributed by atoms with van der Waals surface area (Å²) in [6, 6.07) is 0. The van der Waals surface area contributed by atoms with Gasteiger partial charge in [-0.25, -0.2) is 4.98 Å². The van der Waals surface area contributed by atoms with Crippen molar-refractivity contribution in [2.45, 2.75) is 13.3 Å². The fraction of sp³-hybridized carbons (Fsp3) is 0.600. The maximum atomic E-state index is 11.0. The predicted octanol–water partition coefficient (Wildman–Crippen LogP) is 0.684. The number of ketones is 1. The largest absolute Gasteiger partial charge is 0.346 e. The van der Waals surface area contributed by atoms with E-state index in [0.717, 1.165) is 36.2 Å². The van der Waals surface area contributed by atoms with Crippen molar-refractivity contribution in [2.75, 3.05) is 31.1 Å². The molecule has 0 saturated carbocycles. The quantitative estimate of drug-likeness (QED) is 0.822. The molecule has 2 heterocycles. The zero-order chi connectivity index (χ0) is 10.7. The van der Waals surface area contributed by atoms with Crippen molar-refractivity contribution < 1.29 is 4.79 Å². The van der Waals surface area contributed by atoms with E-state index in [9.17, 15) is 4.79 Å². The lowest BCUT2D eigenvalue weighted by Gasteiger charge is -2.26. The second-order valence-corrected chi connectivity index (χ2v) is 4.82. The van der Waals surface area contributed by atoms with E-state index in [1.165, 1.54) is 0 Å². The number of hydrogen-bond donors (Lipinski definition) is 1. The number of piperazine rings is 1. The van der Waals surface area contributed by atoms with Crippen LogP contribution in [0.2, 0.25) is 0 Å². The first-order valence-electron chi connectivity index (χ1n) is 5.15. The smallest absolute Gasteiger partial charge is 0.185 e. The molecule has 1 aromatic rings. The number of hydrogen-bond acceptors (Lipinski definition) is 5. The third kappa shape index (κ3) is 2.76. The van der Waals surface area contributed by atoms with Crippen LogP contribution < -0.4 is 10.2 Å². The second kappa shape index (κ2) is 4.72. The zero-order valence-corrected chi connectivity index (χ0v) is 9.64. The topological polar surface area (TPSA) is 45.2 Å². The Morgan fingerprint density at radius 3 is 3.00 bits per heavy atom. The van der Waals surface area contributed by atoms with Gasteiger partial charge in [0.25, 0.3) is 0 Å². The first-order valence-corrected chi connectivity index (χ1v) is 5.97. The van der Waals surface area contributed by atoms with Crippen molar-refractivity contribution >= 4 is 22.3 Å². The van der Waals surface area contributed by atoms with Crippen LogP contribution in [0.25, 0.3) is 0 Å². The molecule has 1 fully saturated rings. The molecule has 0 radical (unpaired) electrons. The van der Waals surface area contributed by atoms with Crippen LogP contribution in [0.15, 0.2) is 6.20 Å². The van der Waals surface area contributed by atoms with E-state index in [1.807, 2.05) is 6.20 Å². The van der Waals surface area contributed by atoms with E-state index in [0.29, 0.717) is 6.42 Å². The van der Waals surface area contributed by atoms with Gasteiger partial charge in [-0.2, -0.15) is 0 Å². The van der Waals surface area contributed by atoms with Gasteiger partial charge in [0, 0.05) is 43.7 Å². The number of carbonyl (C=O) groups is 1. The van der Waals surface area contributed by atoms with Crippen LogP contribution in [0, 0.1) is 0 Å². The Bertz CT molecular complexity index is 344. The monoisotopic (exact) mass is 225 g/mol. The fourth-order valence-electron chi connectivity index (χ4n) is 1.63. The second-order valence-electron chi connectivity index (χ2n) is 3.72. The van der Waals surface area contributed by atoms with E-state index in [-0.39, 0.29) is 5.78 Å². The van der Waals surface area contributed by atoms with Crippen LogP contribution in [-0.4, -0.2) is 36.9 Å². The van der Waals surface area contributed by atoms with Crippen LogP contribution in [0.5, 0.6) is 0 Å². The summed E-state index contributed by atoms with van der Waals surface area (Å²) in [5.74, 6) is 0.200. The first kappa shape index (κ1) is 10.6. The molecular formula is C10H15N3OS. The molecule has 4 nitrogen and oxygen atoms in total. The third-order valence-electron chi connectivity index (χ3n) is 2.35. The van der Waals surface area contributed by atoms with Crippen LogP contribution >= 0.6 is 11.3 Å². The normalized spacial score (nSPS) is 16.7. The lowest BCUT2D eigenvalue weighted by Crippen LogP contribution is -2.43. The van der Waals surface area contributed by atoms with Crippen molar-refractivity contribution in [3.63, 3.8) is 0 Å². The maximum Gasteiger partial charge on any atom is 0.185 e. The van der Waals surface area contributed by atoms with Gasteiger partial charge in [0.15, 0.2) is 5.13 Å². The maximum absolute atomic E-state index is 11.0. The summed E-state index contributed by atoms with van der Waals surface area (Å²) in [5, 5.41) is 4.35. The molecule has 2 rings (SSSR count). The summed E-state index contributed by atoms with van der Waals surface area (Å²) in [5.41, 5.74) is 0. The SMILES string of the molecule is CC(=O)Cc1cnc(N2CCNCC2)s1. The van der Waals surface area contributed by atoms with E-state index in [2.05, 4.69) is 15.2 Å². The van der Waals surface area contributed by atoms with Gasteiger partial charge in [-0.1, -0.05) is 0 Å². The van der Waals surface area contributed by atoms with Gasteiger partial charge in [-0.05, 0) is 6.92 Å².